The van der Waals surface area contributed by atoms with Crippen LogP contribution in [0.2, 0.25) is 5.02 Å². The molecule has 9 heteroatoms. The number of halogens is 1. The van der Waals surface area contributed by atoms with Crippen LogP contribution in [0.5, 0.6) is 0 Å². The smallest absolute Gasteiger partial charge is 0.350 e. The van der Waals surface area contributed by atoms with Gasteiger partial charge in [0.2, 0.25) is 11.6 Å². The summed E-state index contributed by atoms with van der Waals surface area (Å²) in [5.74, 6) is 0.317. The normalized spacial score (nSPS) is 14.8. The first kappa shape index (κ1) is 19.4. The van der Waals surface area contributed by atoms with Crippen molar-refractivity contribution in [2.75, 3.05) is 23.3 Å². The second kappa shape index (κ2) is 8.24. The molecule has 0 unspecified atom stereocenters. The topological polar surface area (TPSA) is 84.5 Å². The summed E-state index contributed by atoms with van der Waals surface area (Å²) in [6.07, 6.45) is 7.76. The van der Waals surface area contributed by atoms with Crippen LogP contribution in [-0.2, 0) is 11.3 Å². The molecule has 1 aliphatic rings. The molecule has 0 bridgehead atoms. The van der Waals surface area contributed by atoms with Crippen molar-refractivity contribution in [1.29, 1.82) is 0 Å². The highest BCUT2D eigenvalue weighted by Crippen LogP contribution is 2.23. The Hall–Kier alpha value is -2.87. The predicted octanol–water partition coefficient (Wildman–Crippen LogP) is 2.87. The number of aryl methyl sites for hydroxylation is 1. The molecule has 1 aromatic carbocycles. The minimum Gasteiger partial charge on any atom is -0.353 e. The number of fused-ring (bicyclic) bond motifs is 1. The highest BCUT2D eigenvalue weighted by Gasteiger charge is 2.19. The number of amides is 1. The van der Waals surface area contributed by atoms with Gasteiger partial charge in [0.05, 0.1) is 10.7 Å². The zero-order valence-electron chi connectivity index (χ0n) is 16.3. The van der Waals surface area contributed by atoms with Crippen LogP contribution in [0.4, 0.5) is 11.5 Å². The molecule has 0 aliphatic carbocycles. The molecule has 3 aromatic rings. The maximum absolute atomic E-state index is 12.7. The van der Waals surface area contributed by atoms with Crippen LogP contribution in [0.3, 0.4) is 0 Å². The molecule has 8 nitrogen and oxygen atoms in total. The third-order valence-corrected chi connectivity index (χ3v) is 5.39. The lowest BCUT2D eigenvalue weighted by atomic mass is 10.2. The fourth-order valence-electron chi connectivity index (χ4n) is 3.59. The summed E-state index contributed by atoms with van der Waals surface area (Å²) >= 11 is 6.18. The van der Waals surface area contributed by atoms with Gasteiger partial charge < -0.3 is 10.2 Å². The largest absolute Gasteiger partial charge is 0.353 e. The van der Waals surface area contributed by atoms with Gasteiger partial charge in [-0.15, -0.1) is 5.10 Å². The Morgan fingerprint density at radius 1 is 1.21 bits per heavy atom. The predicted molar refractivity (Wildman–Crippen MR) is 113 cm³/mol. The van der Waals surface area contributed by atoms with Gasteiger partial charge in [0.1, 0.15) is 6.54 Å². The molecular weight excluding hydrogens is 392 g/mol. The highest BCUT2D eigenvalue weighted by molar-refractivity contribution is 6.33. The van der Waals surface area contributed by atoms with Gasteiger partial charge in [0.15, 0.2) is 5.82 Å². The van der Waals surface area contributed by atoms with E-state index in [1.165, 1.54) is 17.2 Å². The summed E-state index contributed by atoms with van der Waals surface area (Å²) in [4.78, 5) is 31.9. The number of hydrogen-bond acceptors (Lipinski definition) is 5. The maximum atomic E-state index is 12.7. The number of benzene rings is 1. The van der Waals surface area contributed by atoms with Crippen molar-refractivity contribution in [3.8, 4) is 0 Å². The number of rotatable bonds is 4. The van der Waals surface area contributed by atoms with Crippen LogP contribution in [0, 0.1) is 6.92 Å². The second-order valence-corrected chi connectivity index (χ2v) is 7.72. The fourth-order valence-corrected chi connectivity index (χ4v) is 3.87. The zero-order chi connectivity index (χ0) is 20.4. The molecule has 3 heterocycles. The number of anilines is 2. The first-order valence-corrected chi connectivity index (χ1v) is 10.2. The number of nitrogens with one attached hydrogen (secondary N) is 1. The lowest BCUT2D eigenvalue weighted by Gasteiger charge is -2.20. The molecule has 2 aromatic heterocycles. The molecule has 0 radical (unpaired) electrons. The summed E-state index contributed by atoms with van der Waals surface area (Å²) in [5.41, 5.74) is 1.60. The first-order valence-electron chi connectivity index (χ1n) is 9.78. The molecule has 1 fully saturated rings. The van der Waals surface area contributed by atoms with Crippen molar-refractivity contribution in [3.63, 3.8) is 0 Å². The minimum atomic E-state index is -0.372. The third kappa shape index (κ3) is 4.12. The molecule has 1 amide bonds. The molecule has 0 spiro atoms. The summed E-state index contributed by atoms with van der Waals surface area (Å²) in [5, 5.41) is 7.60. The van der Waals surface area contributed by atoms with Crippen molar-refractivity contribution in [3.05, 3.63) is 51.7 Å². The number of nitrogens with zero attached hydrogens (tertiary/aromatic N) is 5. The number of aromatic nitrogens is 4. The molecule has 1 N–H and O–H groups in total. The SMILES string of the molecule is Cc1ccc(NC(=O)Cn2nc3c(N4CCCCCC4)nccn3c2=O)c(Cl)c1. The van der Waals surface area contributed by atoms with E-state index in [4.69, 9.17) is 11.6 Å². The average Bonchev–Trinajstić information content (AvgIpc) is 2.88. The molecule has 4 rings (SSSR count). The number of carbonyl (C=O) groups excluding carboxylic acids is 1. The van der Waals surface area contributed by atoms with E-state index in [2.05, 4.69) is 20.3 Å². The van der Waals surface area contributed by atoms with Crippen molar-refractivity contribution < 1.29 is 4.79 Å². The van der Waals surface area contributed by atoms with E-state index in [-0.39, 0.29) is 18.1 Å². The van der Waals surface area contributed by atoms with E-state index in [9.17, 15) is 9.59 Å². The monoisotopic (exact) mass is 414 g/mol. The van der Waals surface area contributed by atoms with Gasteiger partial charge in [-0.3, -0.25) is 4.79 Å². The summed E-state index contributed by atoms with van der Waals surface area (Å²) < 4.78 is 2.61. The van der Waals surface area contributed by atoms with Gasteiger partial charge in [0, 0.05) is 25.5 Å². The fraction of sp³-hybridized carbons (Fsp3) is 0.400. The van der Waals surface area contributed by atoms with Gasteiger partial charge in [-0.1, -0.05) is 30.5 Å². The van der Waals surface area contributed by atoms with E-state index in [1.807, 2.05) is 13.0 Å². The van der Waals surface area contributed by atoms with E-state index in [0.29, 0.717) is 22.2 Å². The highest BCUT2D eigenvalue weighted by atomic mass is 35.5. The number of carbonyl (C=O) groups is 1. The molecule has 1 saturated heterocycles. The van der Waals surface area contributed by atoms with Crippen LogP contribution in [-0.4, -0.2) is 38.2 Å². The first-order chi connectivity index (χ1) is 14.0. The standard InChI is InChI=1S/C20H23ClN6O2/c1-14-6-7-16(15(21)12-14)23-17(28)13-27-20(29)26-11-8-22-18(19(26)24-27)25-9-4-2-3-5-10-25/h6-8,11-12H,2-5,9-10,13H2,1H3,(H,23,28). The Bertz CT molecular complexity index is 1100. The Kier molecular flexibility index (Phi) is 5.53. The van der Waals surface area contributed by atoms with Crippen LogP contribution in [0.15, 0.2) is 35.4 Å². The van der Waals surface area contributed by atoms with E-state index in [1.54, 1.807) is 24.5 Å². The molecule has 152 valence electrons. The molecule has 0 atom stereocenters. The maximum Gasteiger partial charge on any atom is 0.350 e. The van der Waals surface area contributed by atoms with Crippen LogP contribution in [0.25, 0.3) is 5.65 Å². The van der Waals surface area contributed by atoms with Gasteiger partial charge in [-0.2, -0.15) is 0 Å². The zero-order valence-corrected chi connectivity index (χ0v) is 17.0. The second-order valence-electron chi connectivity index (χ2n) is 7.32. The average molecular weight is 415 g/mol. The molecule has 29 heavy (non-hydrogen) atoms. The van der Waals surface area contributed by atoms with E-state index >= 15 is 0 Å². The Balaban J connectivity index is 1.59. The van der Waals surface area contributed by atoms with E-state index < -0.39 is 0 Å². The summed E-state index contributed by atoms with van der Waals surface area (Å²) in [6, 6.07) is 5.37. The van der Waals surface area contributed by atoms with Gasteiger partial charge in [-0.05, 0) is 37.5 Å². The van der Waals surface area contributed by atoms with Crippen LogP contribution < -0.4 is 15.9 Å². The molecule has 0 saturated carbocycles. The quantitative estimate of drug-likeness (QED) is 0.709. The van der Waals surface area contributed by atoms with Crippen LogP contribution >= 0.6 is 11.6 Å². The van der Waals surface area contributed by atoms with Crippen molar-refractivity contribution in [1.82, 2.24) is 19.2 Å². The third-order valence-electron chi connectivity index (χ3n) is 5.08. The van der Waals surface area contributed by atoms with Gasteiger partial charge in [0.25, 0.3) is 0 Å². The van der Waals surface area contributed by atoms with Crippen LogP contribution in [0.1, 0.15) is 31.2 Å². The summed E-state index contributed by atoms with van der Waals surface area (Å²) in [7, 11) is 0. The summed E-state index contributed by atoms with van der Waals surface area (Å²) in [6.45, 7) is 3.49. The van der Waals surface area contributed by atoms with Crippen molar-refractivity contribution in [2.45, 2.75) is 39.2 Å². The molecule has 1 aliphatic heterocycles. The Morgan fingerprint density at radius 2 is 1.97 bits per heavy atom. The lowest BCUT2D eigenvalue weighted by Crippen LogP contribution is -2.28. The number of hydrogen-bond donors (Lipinski definition) is 1. The Morgan fingerprint density at radius 3 is 2.69 bits per heavy atom. The lowest BCUT2D eigenvalue weighted by molar-refractivity contribution is -0.117. The van der Waals surface area contributed by atoms with Crippen molar-refractivity contribution >= 4 is 34.7 Å². The minimum absolute atomic E-state index is 0.204. The molecular formula is C20H23ClN6O2. The van der Waals surface area contributed by atoms with E-state index in [0.717, 1.165) is 36.2 Å². The van der Waals surface area contributed by atoms with Crippen molar-refractivity contribution in [2.24, 2.45) is 0 Å². The van der Waals surface area contributed by atoms with Gasteiger partial charge in [-0.25, -0.2) is 18.9 Å². The van der Waals surface area contributed by atoms with Gasteiger partial charge >= 0.3 is 5.69 Å². The Labute approximate surface area is 173 Å².